The lowest BCUT2D eigenvalue weighted by Crippen LogP contribution is -2.32. The van der Waals surface area contributed by atoms with Crippen molar-refractivity contribution in [3.8, 4) is 0 Å². The predicted octanol–water partition coefficient (Wildman–Crippen LogP) is 2.93. The smallest absolute Gasteiger partial charge is 0.289 e. The lowest BCUT2D eigenvalue weighted by molar-refractivity contribution is 0.0727. The summed E-state index contributed by atoms with van der Waals surface area (Å²) in [4.78, 5) is 18.6. The van der Waals surface area contributed by atoms with E-state index in [4.69, 9.17) is 10.2 Å². The Hall–Kier alpha value is -2.50. The maximum absolute atomic E-state index is 12.6. The summed E-state index contributed by atoms with van der Waals surface area (Å²) < 4.78 is 5.60. The molecule has 128 valence electrons. The number of hydrogen-bond acceptors (Lipinski definition) is 5. The molecule has 3 N–H and O–H groups in total. The first-order valence-electron chi connectivity index (χ1n) is 8.51. The molecule has 1 saturated heterocycles. The van der Waals surface area contributed by atoms with Crippen LogP contribution in [0.1, 0.15) is 42.5 Å². The van der Waals surface area contributed by atoms with Crippen LogP contribution in [-0.4, -0.2) is 34.9 Å². The molecule has 1 amide bonds. The molecule has 0 unspecified atom stereocenters. The Labute approximate surface area is 142 Å². The molecule has 1 fully saturated rings. The summed E-state index contributed by atoms with van der Waals surface area (Å²) in [5.74, 6) is 1.80. The number of carbonyl (C=O) groups is 1. The predicted molar refractivity (Wildman–Crippen MR) is 93.9 cm³/mol. The Kier molecular flexibility index (Phi) is 5.03. The SMILES string of the molecule is CCc1ccc(C(=O)N2CCC[C@@H](Nc3ccc(N)nc3)CC2)o1. The molecule has 0 aromatic carbocycles. The minimum absolute atomic E-state index is 0.00972. The van der Waals surface area contributed by atoms with Crippen molar-refractivity contribution >= 4 is 17.4 Å². The van der Waals surface area contributed by atoms with Gasteiger partial charge in [0.2, 0.25) is 0 Å². The number of anilines is 2. The molecule has 2 aromatic heterocycles. The first kappa shape index (κ1) is 16.4. The molecule has 6 heteroatoms. The number of likely N-dealkylation sites (tertiary alicyclic amines) is 1. The third-order valence-corrected chi connectivity index (χ3v) is 4.39. The molecule has 3 rings (SSSR count). The molecule has 0 bridgehead atoms. The van der Waals surface area contributed by atoms with Gasteiger partial charge in [-0.05, 0) is 43.5 Å². The number of amides is 1. The number of aromatic nitrogens is 1. The van der Waals surface area contributed by atoms with Crippen LogP contribution in [0.4, 0.5) is 11.5 Å². The van der Waals surface area contributed by atoms with Crippen molar-refractivity contribution in [2.75, 3.05) is 24.1 Å². The van der Waals surface area contributed by atoms with Gasteiger partial charge in [0.15, 0.2) is 5.76 Å². The van der Waals surface area contributed by atoms with Crippen LogP contribution < -0.4 is 11.1 Å². The van der Waals surface area contributed by atoms with Crippen molar-refractivity contribution in [1.82, 2.24) is 9.88 Å². The Morgan fingerprint density at radius 2 is 2.21 bits per heavy atom. The van der Waals surface area contributed by atoms with Gasteiger partial charge in [0.1, 0.15) is 11.6 Å². The van der Waals surface area contributed by atoms with Crippen LogP contribution in [0.2, 0.25) is 0 Å². The van der Waals surface area contributed by atoms with E-state index >= 15 is 0 Å². The number of furan rings is 1. The summed E-state index contributed by atoms with van der Waals surface area (Å²) in [5.41, 5.74) is 6.58. The van der Waals surface area contributed by atoms with Crippen LogP contribution in [0.15, 0.2) is 34.9 Å². The number of rotatable bonds is 4. The van der Waals surface area contributed by atoms with E-state index in [1.165, 1.54) is 0 Å². The minimum Gasteiger partial charge on any atom is -0.456 e. The molecule has 24 heavy (non-hydrogen) atoms. The molecule has 2 aromatic rings. The van der Waals surface area contributed by atoms with Gasteiger partial charge in [0.05, 0.1) is 11.9 Å². The van der Waals surface area contributed by atoms with Crippen LogP contribution in [0, 0.1) is 0 Å². The van der Waals surface area contributed by atoms with Gasteiger partial charge in [-0.1, -0.05) is 6.92 Å². The number of nitrogens with zero attached hydrogens (tertiary/aromatic N) is 2. The normalized spacial score (nSPS) is 18.2. The first-order chi connectivity index (χ1) is 11.7. The van der Waals surface area contributed by atoms with Crippen LogP contribution in [0.3, 0.4) is 0 Å². The highest BCUT2D eigenvalue weighted by atomic mass is 16.4. The number of carbonyl (C=O) groups excluding carboxylic acids is 1. The topological polar surface area (TPSA) is 84.4 Å². The van der Waals surface area contributed by atoms with E-state index in [9.17, 15) is 4.79 Å². The van der Waals surface area contributed by atoms with Crippen LogP contribution in [-0.2, 0) is 6.42 Å². The second kappa shape index (κ2) is 7.38. The number of pyridine rings is 1. The van der Waals surface area contributed by atoms with E-state index in [2.05, 4.69) is 10.3 Å². The summed E-state index contributed by atoms with van der Waals surface area (Å²) in [7, 11) is 0. The highest BCUT2D eigenvalue weighted by molar-refractivity contribution is 5.91. The second-order valence-electron chi connectivity index (χ2n) is 6.16. The van der Waals surface area contributed by atoms with E-state index < -0.39 is 0 Å². The van der Waals surface area contributed by atoms with Gasteiger partial charge in [0, 0.05) is 25.6 Å². The summed E-state index contributed by atoms with van der Waals surface area (Å²) >= 11 is 0. The standard InChI is InChI=1S/C18H24N4O2/c1-2-15-6-7-16(24-15)18(23)22-10-3-4-13(9-11-22)21-14-5-8-17(19)20-12-14/h5-8,12-13,21H,2-4,9-11H2,1H3,(H2,19,20)/t13-/m1/s1. The molecule has 0 aliphatic carbocycles. The van der Waals surface area contributed by atoms with Gasteiger partial charge >= 0.3 is 0 Å². The molecule has 1 atom stereocenters. The maximum atomic E-state index is 12.6. The van der Waals surface area contributed by atoms with Gasteiger partial charge < -0.3 is 20.4 Å². The molecular weight excluding hydrogens is 304 g/mol. The fourth-order valence-corrected chi connectivity index (χ4v) is 3.01. The Bertz CT molecular complexity index is 681. The minimum atomic E-state index is -0.00972. The average molecular weight is 328 g/mol. The van der Waals surface area contributed by atoms with Crippen molar-refractivity contribution in [1.29, 1.82) is 0 Å². The fourth-order valence-electron chi connectivity index (χ4n) is 3.01. The highest BCUT2D eigenvalue weighted by Gasteiger charge is 2.23. The van der Waals surface area contributed by atoms with Crippen molar-refractivity contribution < 1.29 is 9.21 Å². The van der Waals surface area contributed by atoms with E-state index in [-0.39, 0.29) is 5.91 Å². The maximum Gasteiger partial charge on any atom is 0.289 e. The lowest BCUT2D eigenvalue weighted by Gasteiger charge is -2.20. The molecule has 6 nitrogen and oxygen atoms in total. The van der Waals surface area contributed by atoms with Crippen LogP contribution in [0.5, 0.6) is 0 Å². The number of nitrogens with one attached hydrogen (secondary N) is 1. The summed E-state index contributed by atoms with van der Waals surface area (Å²) in [6, 6.07) is 7.71. The van der Waals surface area contributed by atoms with Crippen LogP contribution >= 0.6 is 0 Å². The summed E-state index contributed by atoms with van der Waals surface area (Å²) in [5, 5.41) is 3.48. The third-order valence-electron chi connectivity index (χ3n) is 4.39. The zero-order valence-electron chi connectivity index (χ0n) is 14.0. The molecule has 1 aliphatic heterocycles. The fraction of sp³-hybridized carbons (Fsp3) is 0.444. The van der Waals surface area contributed by atoms with Crippen molar-refractivity contribution in [2.45, 2.75) is 38.6 Å². The lowest BCUT2D eigenvalue weighted by atomic mass is 10.1. The van der Waals surface area contributed by atoms with Crippen LogP contribution in [0.25, 0.3) is 0 Å². The number of aryl methyl sites for hydroxylation is 1. The monoisotopic (exact) mass is 328 g/mol. The Morgan fingerprint density at radius 3 is 2.92 bits per heavy atom. The van der Waals surface area contributed by atoms with Crippen molar-refractivity contribution in [2.24, 2.45) is 0 Å². The van der Waals surface area contributed by atoms with E-state index in [1.54, 1.807) is 18.3 Å². The number of nitrogens with two attached hydrogens (primary N) is 1. The molecule has 1 aliphatic rings. The molecule has 0 spiro atoms. The van der Waals surface area contributed by atoms with Gasteiger partial charge in [-0.25, -0.2) is 4.98 Å². The quantitative estimate of drug-likeness (QED) is 0.901. The van der Waals surface area contributed by atoms with E-state index in [0.29, 0.717) is 17.6 Å². The molecule has 3 heterocycles. The Balaban J connectivity index is 1.58. The van der Waals surface area contributed by atoms with Gasteiger partial charge in [0.25, 0.3) is 5.91 Å². The average Bonchev–Trinajstić information content (AvgIpc) is 2.96. The summed E-state index contributed by atoms with van der Waals surface area (Å²) in [6.07, 6.45) is 5.43. The summed E-state index contributed by atoms with van der Waals surface area (Å²) in [6.45, 7) is 3.50. The Morgan fingerprint density at radius 1 is 1.33 bits per heavy atom. The molecule has 0 saturated carbocycles. The number of hydrogen-bond donors (Lipinski definition) is 2. The van der Waals surface area contributed by atoms with Crippen molar-refractivity contribution in [3.63, 3.8) is 0 Å². The zero-order valence-corrected chi connectivity index (χ0v) is 14.0. The van der Waals surface area contributed by atoms with E-state index in [0.717, 1.165) is 50.2 Å². The highest BCUT2D eigenvalue weighted by Crippen LogP contribution is 2.19. The van der Waals surface area contributed by atoms with Crippen molar-refractivity contribution in [3.05, 3.63) is 42.0 Å². The second-order valence-corrected chi connectivity index (χ2v) is 6.16. The zero-order chi connectivity index (χ0) is 16.9. The number of nitrogen functional groups attached to an aromatic ring is 1. The largest absolute Gasteiger partial charge is 0.456 e. The van der Waals surface area contributed by atoms with Gasteiger partial charge in [-0.15, -0.1) is 0 Å². The molecule has 0 radical (unpaired) electrons. The third kappa shape index (κ3) is 3.88. The van der Waals surface area contributed by atoms with Gasteiger partial charge in [-0.2, -0.15) is 0 Å². The van der Waals surface area contributed by atoms with E-state index in [1.807, 2.05) is 24.0 Å². The first-order valence-corrected chi connectivity index (χ1v) is 8.51. The van der Waals surface area contributed by atoms with Gasteiger partial charge in [-0.3, -0.25) is 4.79 Å². The molecular formula is C18H24N4O2.